The standard InChI is InChI=1S/C11H14FN3/c1-11(7-14-10(13)15(11)2)8-3-5-9(12)6-4-8/h3-6H,7H2,1-2H3,(H2,13,14). The van der Waals surface area contributed by atoms with Crippen molar-refractivity contribution in [2.45, 2.75) is 12.5 Å². The molecule has 0 spiro atoms. The van der Waals surface area contributed by atoms with Crippen molar-refractivity contribution in [3.05, 3.63) is 35.6 Å². The molecule has 4 heteroatoms. The summed E-state index contributed by atoms with van der Waals surface area (Å²) in [5.74, 6) is 0.304. The number of nitrogens with zero attached hydrogens (tertiary/aromatic N) is 2. The van der Waals surface area contributed by atoms with E-state index in [1.165, 1.54) is 12.1 Å². The van der Waals surface area contributed by atoms with Gasteiger partial charge in [0.1, 0.15) is 5.82 Å². The molecular weight excluding hydrogens is 193 g/mol. The van der Waals surface area contributed by atoms with Gasteiger partial charge in [-0.25, -0.2) is 4.39 Å². The van der Waals surface area contributed by atoms with Gasteiger partial charge in [-0.1, -0.05) is 12.1 Å². The number of hydrogen-bond donors (Lipinski definition) is 1. The topological polar surface area (TPSA) is 41.6 Å². The Kier molecular flexibility index (Phi) is 2.14. The minimum Gasteiger partial charge on any atom is -0.370 e. The van der Waals surface area contributed by atoms with Gasteiger partial charge in [0.15, 0.2) is 5.96 Å². The van der Waals surface area contributed by atoms with Crippen LogP contribution in [0.5, 0.6) is 0 Å². The first-order chi connectivity index (χ1) is 7.04. The molecule has 1 aliphatic rings. The lowest BCUT2D eigenvalue weighted by atomic mass is 9.91. The fourth-order valence-corrected chi connectivity index (χ4v) is 1.79. The number of guanidine groups is 1. The van der Waals surface area contributed by atoms with Crippen LogP contribution in [0.15, 0.2) is 29.3 Å². The lowest BCUT2D eigenvalue weighted by molar-refractivity contribution is 0.267. The first-order valence-corrected chi connectivity index (χ1v) is 4.84. The summed E-state index contributed by atoms with van der Waals surface area (Å²) in [6, 6.07) is 6.48. The van der Waals surface area contributed by atoms with Crippen molar-refractivity contribution in [1.82, 2.24) is 4.90 Å². The van der Waals surface area contributed by atoms with E-state index in [0.717, 1.165) is 5.56 Å². The summed E-state index contributed by atoms with van der Waals surface area (Å²) in [6.07, 6.45) is 0. The Bertz CT molecular complexity index is 399. The molecule has 1 unspecified atom stereocenters. The first-order valence-electron chi connectivity index (χ1n) is 4.84. The third-order valence-corrected chi connectivity index (χ3v) is 3.10. The molecule has 0 amide bonds. The Hall–Kier alpha value is -1.58. The van der Waals surface area contributed by atoms with E-state index in [1.54, 1.807) is 12.1 Å². The molecule has 0 aromatic heterocycles. The highest BCUT2D eigenvalue weighted by molar-refractivity contribution is 5.80. The minimum absolute atomic E-state index is 0.225. The van der Waals surface area contributed by atoms with Crippen LogP contribution in [0.4, 0.5) is 4.39 Å². The molecule has 1 aromatic rings. The average Bonchev–Trinajstić information content (AvgIpc) is 2.48. The number of hydrogen-bond acceptors (Lipinski definition) is 3. The predicted molar refractivity (Wildman–Crippen MR) is 58.0 cm³/mol. The summed E-state index contributed by atoms with van der Waals surface area (Å²) in [4.78, 5) is 6.11. The first kappa shape index (κ1) is 9.96. The molecule has 15 heavy (non-hydrogen) atoms. The summed E-state index contributed by atoms with van der Waals surface area (Å²) in [5.41, 5.74) is 6.49. The fraction of sp³-hybridized carbons (Fsp3) is 0.364. The molecule has 80 valence electrons. The number of likely N-dealkylation sites (N-methyl/N-ethyl adjacent to an activating group) is 1. The van der Waals surface area contributed by atoms with Crippen LogP contribution in [0.25, 0.3) is 0 Å². The van der Waals surface area contributed by atoms with Crippen LogP contribution < -0.4 is 5.73 Å². The van der Waals surface area contributed by atoms with Gasteiger partial charge in [0, 0.05) is 7.05 Å². The van der Waals surface area contributed by atoms with Gasteiger partial charge in [-0.3, -0.25) is 4.99 Å². The maximum atomic E-state index is 12.8. The monoisotopic (exact) mass is 207 g/mol. The Morgan fingerprint density at radius 1 is 1.40 bits per heavy atom. The quantitative estimate of drug-likeness (QED) is 0.754. The number of benzene rings is 1. The summed E-state index contributed by atoms with van der Waals surface area (Å²) in [6.45, 7) is 2.66. The van der Waals surface area contributed by atoms with Crippen molar-refractivity contribution < 1.29 is 4.39 Å². The van der Waals surface area contributed by atoms with Gasteiger partial charge >= 0.3 is 0 Å². The lowest BCUT2D eigenvalue weighted by Crippen LogP contribution is -2.44. The minimum atomic E-state index is -0.252. The predicted octanol–water partition coefficient (Wildman–Crippen LogP) is 1.30. The number of aliphatic imine (C=N–C) groups is 1. The lowest BCUT2D eigenvalue weighted by Gasteiger charge is -2.33. The van der Waals surface area contributed by atoms with Gasteiger partial charge < -0.3 is 10.6 Å². The highest BCUT2D eigenvalue weighted by atomic mass is 19.1. The van der Waals surface area contributed by atoms with E-state index in [0.29, 0.717) is 12.5 Å². The van der Waals surface area contributed by atoms with E-state index in [4.69, 9.17) is 5.73 Å². The summed E-state index contributed by atoms with van der Waals surface area (Å²) >= 11 is 0. The zero-order valence-electron chi connectivity index (χ0n) is 8.87. The summed E-state index contributed by atoms with van der Waals surface area (Å²) in [7, 11) is 1.90. The van der Waals surface area contributed by atoms with Crippen molar-refractivity contribution in [3.63, 3.8) is 0 Å². The molecular formula is C11H14FN3. The van der Waals surface area contributed by atoms with Gasteiger partial charge in [0.2, 0.25) is 0 Å². The highest BCUT2D eigenvalue weighted by Crippen LogP contribution is 2.30. The maximum absolute atomic E-state index is 12.8. The van der Waals surface area contributed by atoms with Gasteiger partial charge in [0.05, 0.1) is 12.1 Å². The van der Waals surface area contributed by atoms with Gasteiger partial charge in [-0.2, -0.15) is 0 Å². The summed E-state index contributed by atoms with van der Waals surface area (Å²) < 4.78 is 12.8. The Morgan fingerprint density at radius 3 is 2.47 bits per heavy atom. The van der Waals surface area contributed by atoms with E-state index in [9.17, 15) is 4.39 Å². The molecule has 0 saturated carbocycles. The van der Waals surface area contributed by atoms with Crippen LogP contribution in [0, 0.1) is 5.82 Å². The van der Waals surface area contributed by atoms with Crippen molar-refractivity contribution in [1.29, 1.82) is 0 Å². The molecule has 0 radical (unpaired) electrons. The molecule has 3 nitrogen and oxygen atoms in total. The Morgan fingerprint density at radius 2 is 2.00 bits per heavy atom. The van der Waals surface area contributed by atoms with Crippen molar-refractivity contribution in [3.8, 4) is 0 Å². The van der Waals surface area contributed by atoms with Gasteiger partial charge in [0.25, 0.3) is 0 Å². The smallest absolute Gasteiger partial charge is 0.191 e. The largest absolute Gasteiger partial charge is 0.370 e. The summed E-state index contributed by atoms with van der Waals surface area (Å²) in [5, 5.41) is 0. The molecule has 2 N–H and O–H groups in total. The number of halogens is 1. The van der Waals surface area contributed by atoms with E-state index in [1.807, 2.05) is 18.9 Å². The van der Waals surface area contributed by atoms with Crippen LogP contribution >= 0.6 is 0 Å². The number of rotatable bonds is 1. The highest BCUT2D eigenvalue weighted by Gasteiger charge is 2.36. The van der Waals surface area contributed by atoms with Crippen molar-refractivity contribution >= 4 is 5.96 Å². The molecule has 1 atom stereocenters. The van der Waals surface area contributed by atoms with Crippen LogP contribution in [0.1, 0.15) is 12.5 Å². The third kappa shape index (κ3) is 1.46. The fourth-order valence-electron chi connectivity index (χ4n) is 1.79. The normalized spacial score (nSPS) is 25.5. The van der Waals surface area contributed by atoms with Gasteiger partial charge in [-0.05, 0) is 24.6 Å². The second-order valence-electron chi connectivity index (χ2n) is 4.01. The van der Waals surface area contributed by atoms with Crippen LogP contribution in [0.2, 0.25) is 0 Å². The number of nitrogens with two attached hydrogens (primary N) is 1. The van der Waals surface area contributed by atoms with Crippen molar-refractivity contribution in [2.75, 3.05) is 13.6 Å². The third-order valence-electron chi connectivity index (χ3n) is 3.10. The van der Waals surface area contributed by atoms with E-state index < -0.39 is 0 Å². The second-order valence-corrected chi connectivity index (χ2v) is 4.01. The Labute approximate surface area is 88.4 Å². The van der Waals surface area contributed by atoms with Crippen LogP contribution in [-0.4, -0.2) is 24.5 Å². The molecule has 1 aliphatic heterocycles. The molecule has 0 bridgehead atoms. The van der Waals surface area contributed by atoms with Crippen LogP contribution in [-0.2, 0) is 5.54 Å². The average molecular weight is 207 g/mol. The maximum Gasteiger partial charge on any atom is 0.191 e. The second kappa shape index (κ2) is 3.22. The molecule has 0 fully saturated rings. The van der Waals surface area contributed by atoms with Crippen molar-refractivity contribution in [2.24, 2.45) is 10.7 Å². The molecule has 0 saturated heterocycles. The Balaban J connectivity index is 2.35. The van der Waals surface area contributed by atoms with Gasteiger partial charge in [-0.15, -0.1) is 0 Å². The van der Waals surface area contributed by atoms with E-state index in [-0.39, 0.29) is 11.4 Å². The molecule has 1 heterocycles. The van der Waals surface area contributed by atoms with E-state index in [2.05, 4.69) is 4.99 Å². The molecule has 1 aromatic carbocycles. The zero-order chi connectivity index (χ0) is 11.1. The van der Waals surface area contributed by atoms with E-state index >= 15 is 0 Å². The van der Waals surface area contributed by atoms with Crippen LogP contribution in [0.3, 0.4) is 0 Å². The molecule has 2 rings (SSSR count). The zero-order valence-corrected chi connectivity index (χ0v) is 8.87. The molecule has 0 aliphatic carbocycles. The SMILES string of the molecule is CN1C(N)=NCC1(C)c1ccc(F)cc1.